The summed E-state index contributed by atoms with van der Waals surface area (Å²) in [6.07, 6.45) is 4.53. The maximum Gasteiger partial charge on any atom is 0.253 e. The van der Waals surface area contributed by atoms with Gasteiger partial charge in [0.15, 0.2) is 0 Å². The van der Waals surface area contributed by atoms with Gasteiger partial charge in [-0.1, -0.05) is 48.5 Å². The highest BCUT2D eigenvalue weighted by atomic mass is 32.1. The molecule has 0 N–H and O–H groups in total. The second-order valence-electron chi connectivity index (χ2n) is 6.38. The Morgan fingerprint density at radius 1 is 1.11 bits per heavy atom. The van der Waals surface area contributed by atoms with Gasteiger partial charge in [0.2, 0.25) is 0 Å². The number of rotatable bonds is 6. The normalized spacial score (nSPS) is 12.7. The van der Waals surface area contributed by atoms with E-state index in [-0.39, 0.29) is 5.91 Å². The van der Waals surface area contributed by atoms with Crippen LogP contribution in [0.25, 0.3) is 6.08 Å². The van der Waals surface area contributed by atoms with Crippen LogP contribution in [0.5, 0.6) is 5.75 Å². The third-order valence-corrected chi connectivity index (χ3v) is 5.28. The summed E-state index contributed by atoms with van der Waals surface area (Å²) in [6, 6.07) is 18.0. The molecule has 27 heavy (non-hydrogen) atoms. The number of carbonyl (C=O) groups is 1. The van der Waals surface area contributed by atoms with E-state index >= 15 is 0 Å². The van der Waals surface area contributed by atoms with Gasteiger partial charge in [0.25, 0.3) is 5.91 Å². The molecule has 3 aromatic rings. The highest BCUT2D eigenvalue weighted by molar-refractivity contribution is 7.09. The first-order valence-corrected chi connectivity index (χ1v) is 9.81. The van der Waals surface area contributed by atoms with Crippen molar-refractivity contribution in [2.45, 2.75) is 13.0 Å². The molecule has 1 amide bonds. The summed E-state index contributed by atoms with van der Waals surface area (Å²) in [4.78, 5) is 19.4. The Bertz CT molecular complexity index is 936. The summed E-state index contributed by atoms with van der Waals surface area (Å²) in [6.45, 7) is 1.46. The van der Waals surface area contributed by atoms with Crippen LogP contribution >= 0.6 is 11.3 Å². The molecule has 0 fully saturated rings. The number of hydrogen-bond donors (Lipinski definition) is 0. The van der Waals surface area contributed by atoms with Crippen molar-refractivity contribution in [1.29, 1.82) is 0 Å². The van der Waals surface area contributed by atoms with Gasteiger partial charge in [0.1, 0.15) is 17.4 Å². The molecule has 4 rings (SSSR count). The first kappa shape index (κ1) is 17.5. The highest BCUT2D eigenvalue weighted by Gasteiger charge is 2.23. The summed E-state index contributed by atoms with van der Waals surface area (Å²) in [7, 11) is 0. The van der Waals surface area contributed by atoms with Crippen LogP contribution in [0.2, 0.25) is 0 Å². The third-order valence-electron chi connectivity index (χ3n) is 4.52. The zero-order valence-corrected chi connectivity index (χ0v) is 15.7. The molecule has 0 spiro atoms. The molecule has 1 aliphatic heterocycles. The SMILES string of the molecule is O=C(C1=Cc2ccccc2OC1)N(CCc1ccccc1)Cc1nccs1. The summed E-state index contributed by atoms with van der Waals surface area (Å²) in [5.41, 5.74) is 2.84. The largest absolute Gasteiger partial charge is 0.488 e. The number of nitrogens with zero attached hydrogens (tertiary/aromatic N) is 2. The number of ether oxygens (including phenoxy) is 1. The van der Waals surface area contributed by atoms with Crippen molar-refractivity contribution >= 4 is 23.3 Å². The molecule has 5 heteroatoms. The van der Waals surface area contributed by atoms with Gasteiger partial charge in [-0.3, -0.25) is 4.79 Å². The minimum absolute atomic E-state index is 0.00985. The first-order chi connectivity index (χ1) is 13.3. The molecule has 2 heterocycles. The molecular weight excluding hydrogens is 356 g/mol. The predicted molar refractivity (Wildman–Crippen MR) is 108 cm³/mol. The molecule has 4 nitrogen and oxygen atoms in total. The number of carbonyl (C=O) groups excluding carboxylic acids is 1. The second-order valence-corrected chi connectivity index (χ2v) is 7.36. The van der Waals surface area contributed by atoms with Crippen molar-refractivity contribution in [3.8, 4) is 5.75 Å². The topological polar surface area (TPSA) is 42.4 Å². The van der Waals surface area contributed by atoms with Gasteiger partial charge < -0.3 is 9.64 Å². The number of para-hydroxylation sites is 1. The van der Waals surface area contributed by atoms with E-state index in [1.165, 1.54) is 5.56 Å². The average molecular weight is 376 g/mol. The quantitative estimate of drug-likeness (QED) is 0.648. The molecule has 1 aromatic heterocycles. The Morgan fingerprint density at radius 2 is 1.93 bits per heavy atom. The van der Waals surface area contributed by atoms with Gasteiger partial charge in [-0.15, -0.1) is 11.3 Å². The van der Waals surface area contributed by atoms with Crippen LogP contribution in [0.1, 0.15) is 16.1 Å². The van der Waals surface area contributed by atoms with Gasteiger partial charge in [-0.2, -0.15) is 0 Å². The second kappa shape index (κ2) is 8.18. The van der Waals surface area contributed by atoms with Gasteiger partial charge >= 0.3 is 0 Å². The summed E-state index contributed by atoms with van der Waals surface area (Å²) in [5, 5.41) is 2.88. The number of fused-ring (bicyclic) bond motifs is 1. The zero-order valence-electron chi connectivity index (χ0n) is 14.9. The van der Waals surface area contributed by atoms with E-state index < -0.39 is 0 Å². The number of hydrogen-bond acceptors (Lipinski definition) is 4. The Morgan fingerprint density at radius 3 is 2.74 bits per heavy atom. The zero-order chi connectivity index (χ0) is 18.5. The lowest BCUT2D eigenvalue weighted by Crippen LogP contribution is -2.35. The van der Waals surface area contributed by atoms with Gasteiger partial charge in [0.05, 0.1) is 12.1 Å². The van der Waals surface area contributed by atoms with Crippen molar-refractivity contribution in [1.82, 2.24) is 9.88 Å². The van der Waals surface area contributed by atoms with Gasteiger partial charge in [-0.25, -0.2) is 4.98 Å². The molecule has 0 bridgehead atoms. The molecule has 136 valence electrons. The van der Waals surface area contributed by atoms with E-state index in [1.807, 2.05) is 58.8 Å². The van der Waals surface area contributed by atoms with Crippen LogP contribution < -0.4 is 4.74 Å². The fourth-order valence-corrected chi connectivity index (χ4v) is 3.73. The van der Waals surface area contributed by atoms with E-state index in [1.54, 1.807) is 17.5 Å². The van der Waals surface area contributed by atoms with Crippen molar-refractivity contribution in [3.63, 3.8) is 0 Å². The first-order valence-electron chi connectivity index (χ1n) is 8.93. The minimum atomic E-state index is 0.00985. The Hall–Kier alpha value is -2.92. The van der Waals surface area contributed by atoms with E-state index in [9.17, 15) is 4.79 Å². The molecule has 0 aliphatic carbocycles. The molecule has 2 aromatic carbocycles. The molecular formula is C22H20N2O2S. The number of aromatic nitrogens is 1. The fourth-order valence-electron chi connectivity index (χ4n) is 3.10. The number of amides is 1. The Labute approximate surface area is 162 Å². The van der Waals surface area contributed by atoms with Gasteiger partial charge in [-0.05, 0) is 24.1 Å². The predicted octanol–water partition coefficient (Wildman–Crippen LogP) is 4.19. The molecule has 1 aliphatic rings. The summed E-state index contributed by atoms with van der Waals surface area (Å²) < 4.78 is 5.78. The van der Waals surface area contributed by atoms with E-state index in [4.69, 9.17) is 4.74 Å². The van der Waals surface area contributed by atoms with Crippen molar-refractivity contribution in [3.05, 3.63) is 87.9 Å². The van der Waals surface area contributed by atoms with Crippen molar-refractivity contribution < 1.29 is 9.53 Å². The average Bonchev–Trinajstić information content (AvgIpc) is 3.24. The van der Waals surface area contributed by atoms with Crippen LogP contribution in [0, 0.1) is 0 Å². The molecule has 0 saturated heterocycles. The summed E-state index contributed by atoms with van der Waals surface area (Å²) in [5.74, 6) is 0.834. The minimum Gasteiger partial charge on any atom is -0.488 e. The lowest BCUT2D eigenvalue weighted by Gasteiger charge is -2.25. The number of benzene rings is 2. The lowest BCUT2D eigenvalue weighted by molar-refractivity contribution is -0.128. The maximum atomic E-state index is 13.2. The monoisotopic (exact) mass is 376 g/mol. The van der Waals surface area contributed by atoms with Crippen molar-refractivity contribution in [2.75, 3.05) is 13.2 Å². The standard InChI is InChI=1S/C22H20N2O2S/c25-22(19-14-18-8-4-5-9-20(18)26-16-19)24(15-21-23-11-13-27-21)12-10-17-6-2-1-3-7-17/h1-9,11,13-14H,10,12,15-16H2. The molecule has 0 atom stereocenters. The number of thiazole rings is 1. The van der Waals surface area contributed by atoms with Crippen LogP contribution in [-0.2, 0) is 17.8 Å². The smallest absolute Gasteiger partial charge is 0.253 e. The molecule has 0 radical (unpaired) electrons. The highest BCUT2D eigenvalue weighted by Crippen LogP contribution is 2.27. The van der Waals surface area contributed by atoms with E-state index in [2.05, 4.69) is 17.1 Å². The Kier molecular flexibility index (Phi) is 5.30. The van der Waals surface area contributed by atoms with Gasteiger partial charge in [0, 0.05) is 23.7 Å². The van der Waals surface area contributed by atoms with Crippen LogP contribution in [0.4, 0.5) is 0 Å². The third kappa shape index (κ3) is 4.26. The van der Waals surface area contributed by atoms with Crippen LogP contribution in [0.3, 0.4) is 0 Å². The summed E-state index contributed by atoms with van der Waals surface area (Å²) >= 11 is 1.57. The van der Waals surface area contributed by atoms with Crippen LogP contribution in [-0.4, -0.2) is 28.9 Å². The Balaban J connectivity index is 1.54. The van der Waals surface area contributed by atoms with Crippen LogP contribution in [0.15, 0.2) is 71.7 Å². The fraction of sp³-hybridized carbons (Fsp3) is 0.182. The van der Waals surface area contributed by atoms with E-state index in [0.717, 1.165) is 22.7 Å². The van der Waals surface area contributed by atoms with Crippen molar-refractivity contribution in [2.24, 2.45) is 0 Å². The maximum absolute atomic E-state index is 13.2. The molecule has 0 saturated carbocycles. The molecule has 0 unspecified atom stereocenters. The van der Waals surface area contributed by atoms with E-state index in [0.29, 0.717) is 25.3 Å². The lowest BCUT2D eigenvalue weighted by atomic mass is 10.1.